The number of carbonyl (C=O) groups is 1. The Morgan fingerprint density at radius 1 is 1.44 bits per heavy atom. The normalized spacial score (nSPS) is 25.3. The maximum atomic E-state index is 13.1. The molecule has 0 radical (unpaired) electrons. The first-order chi connectivity index (χ1) is 7.66. The second kappa shape index (κ2) is 4.61. The number of benzene rings is 1. The molecule has 1 aliphatic heterocycles. The summed E-state index contributed by atoms with van der Waals surface area (Å²) >= 11 is 0. The lowest BCUT2D eigenvalue weighted by Crippen LogP contribution is -2.41. The van der Waals surface area contributed by atoms with Crippen LogP contribution in [-0.4, -0.2) is 19.0 Å². The van der Waals surface area contributed by atoms with Crippen molar-refractivity contribution in [2.24, 2.45) is 11.7 Å². The number of piperidine rings is 1. The van der Waals surface area contributed by atoms with E-state index in [2.05, 4.69) is 5.32 Å². The van der Waals surface area contributed by atoms with Gasteiger partial charge in [0.1, 0.15) is 5.82 Å². The van der Waals surface area contributed by atoms with E-state index < -0.39 is 0 Å². The standard InChI is InChI=1S/C12H15FN2O/c13-11-3-1-2-8(5-11)9-4-10(12(14)16)7-15-6-9/h1-3,5,9-10,15H,4,6-7H2,(H2,14,16)/t9-,10-/m1/s1. The van der Waals surface area contributed by atoms with Gasteiger partial charge in [-0.25, -0.2) is 4.39 Å². The number of nitrogens with one attached hydrogen (secondary N) is 1. The quantitative estimate of drug-likeness (QED) is 0.784. The predicted molar refractivity (Wildman–Crippen MR) is 59.3 cm³/mol. The van der Waals surface area contributed by atoms with Gasteiger partial charge in [-0.3, -0.25) is 4.79 Å². The first-order valence-electron chi connectivity index (χ1n) is 5.42. The lowest BCUT2D eigenvalue weighted by atomic mass is 9.85. The minimum absolute atomic E-state index is 0.151. The van der Waals surface area contributed by atoms with Crippen LogP contribution < -0.4 is 11.1 Å². The van der Waals surface area contributed by atoms with Gasteiger partial charge in [0.15, 0.2) is 0 Å². The number of halogens is 1. The molecule has 86 valence electrons. The molecule has 0 unspecified atom stereocenters. The summed E-state index contributed by atoms with van der Waals surface area (Å²) in [5, 5.41) is 3.16. The molecule has 1 fully saturated rings. The van der Waals surface area contributed by atoms with E-state index in [9.17, 15) is 9.18 Å². The number of nitrogens with two attached hydrogens (primary N) is 1. The molecular formula is C12H15FN2O. The number of primary amides is 1. The summed E-state index contributed by atoms with van der Waals surface area (Å²) in [5.41, 5.74) is 6.21. The van der Waals surface area contributed by atoms with Crippen molar-refractivity contribution in [3.63, 3.8) is 0 Å². The van der Waals surface area contributed by atoms with Gasteiger partial charge in [-0.05, 0) is 30.0 Å². The fourth-order valence-corrected chi connectivity index (χ4v) is 2.17. The van der Waals surface area contributed by atoms with Gasteiger partial charge in [0.2, 0.25) is 5.91 Å². The van der Waals surface area contributed by atoms with Crippen LogP contribution in [0.3, 0.4) is 0 Å². The highest BCUT2D eigenvalue weighted by molar-refractivity contribution is 5.77. The molecule has 3 N–H and O–H groups in total. The van der Waals surface area contributed by atoms with Crippen molar-refractivity contribution in [1.29, 1.82) is 0 Å². The number of hydrogen-bond acceptors (Lipinski definition) is 2. The van der Waals surface area contributed by atoms with Crippen molar-refractivity contribution in [2.75, 3.05) is 13.1 Å². The highest BCUT2D eigenvalue weighted by Crippen LogP contribution is 2.26. The van der Waals surface area contributed by atoms with Crippen molar-refractivity contribution in [3.8, 4) is 0 Å². The van der Waals surface area contributed by atoms with Crippen molar-refractivity contribution in [2.45, 2.75) is 12.3 Å². The largest absolute Gasteiger partial charge is 0.369 e. The Hall–Kier alpha value is -1.42. The first kappa shape index (κ1) is 11.1. The molecule has 1 aliphatic rings. The molecule has 0 aromatic heterocycles. The molecular weight excluding hydrogens is 207 g/mol. The van der Waals surface area contributed by atoms with Crippen LogP contribution in [0.5, 0.6) is 0 Å². The third-order valence-electron chi connectivity index (χ3n) is 3.07. The zero-order valence-corrected chi connectivity index (χ0v) is 8.95. The molecule has 2 atom stereocenters. The number of carbonyl (C=O) groups excluding carboxylic acids is 1. The lowest BCUT2D eigenvalue weighted by molar-refractivity contribution is -0.122. The molecule has 3 nitrogen and oxygen atoms in total. The first-order valence-corrected chi connectivity index (χ1v) is 5.42. The summed E-state index contributed by atoms with van der Waals surface area (Å²) < 4.78 is 13.1. The molecule has 1 heterocycles. The monoisotopic (exact) mass is 222 g/mol. The average molecular weight is 222 g/mol. The highest BCUT2D eigenvalue weighted by Gasteiger charge is 2.26. The van der Waals surface area contributed by atoms with Crippen LogP contribution in [0.2, 0.25) is 0 Å². The molecule has 0 spiro atoms. The second-order valence-corrected chi connectivity index (χ2v) is 4.25. The fourth-order valence-electron chi connectivity index (χ4n) is 2.17. The molecule has 1 aromatic rings. The Labute approximate surface area is 93.8 Å². The van der Waals surface area contributed by atoms with Gasteiger partial charge in [-0.2, -0.15) is 0 Å². The smallest absolute Gasteiger partial charge is 0.221 e. The molecule has 0 aliphatic carbocycles. The Morgan fingerprint density at radius 2 is 2.25 bits per heavy atom. The molecule has 2 rings (SSSR count). The van der Waals surface area contributed by atoms with Gasteiger partial charge in [0, 0.05) is 13.1 Å². The van der Waals surface area contributed by atoms with Crippen LogP contribution >= 0.6 is 0 Å². The third kappa shape index (κ3) is 2.39. The van der Waals surface area contributed by atoms with Gasteiger partial charge < -0.3 is 11.1 Å². The van der Waals surface area contributed by atoms with Crippen LogP contribution in [0.1, 0.15) is 17.9 Å². The molecule has 16 heavy (non-hydrogen) atoms. The Kier molecular flexibility index (Phi) is 3.19. The summed E-state index contributed by atoms with van der Waals surface area (Å²) in [6, 6.07) is 6.53. The maximum Gasteiger partial charge on any atom is 0.221 e. The average Bonchev–Trinajstić information content (AvgIpc) is 2.29. The van der Waals surface area contributed by atoms with Gasteiger partial charge in [-0.1, -0.05) is 12.1 Å². The summed E-state index contributed by atoms with van der Waals surface area (Å²) in [6.45, 7) is 1.40. The van der Waals surface area contributed by atoms with Crippen LogP contribution in [0.25, 0.3) is 0 Å². The van der Waals surface area contributed by atoms with E-state index in [0.29, 0.717) is 13.0 Å². The van der Waals surface area contributed by atoms with Crippen LogP contribution in [0.4, 0.5) is 4.39 Å². The van der Waals surface area contributed by atoms with Gasteiger partial charge >= 0.3 is 0 Å². The SMILES string of the molecule is NC(=O)[C@H]1CNC[C@H](c2cccc(F)c2)C1. The van der Waals surface area contributed by atoms with Crippen LogP contribution in [-0.2, 0) is 4.79 Å². The van der Waals surface area contributed by atoms with E-state index in [4.69, 9.17) is 5.73 Å². The van der Waals surface area contributed by atoms with Crippen LogP contribution in [0, 0.1) is 11.7 Å². The van der Waals surface area contributed by atoms with E-state index in [1.807, 2.05) is 6.07 Å². The second-order valence-electron chi connectivity index (χ2n) is 4.25. The summed E-state index contributed by atoms with van der Waals surface area (Å²) in [4.78, 5) is 11.1. The molecule has 1 aromatic carbocycles. The van der Waals surface area contributed by atoms with E-state index in [1.54, 1.807) is 6.07 Å². The number of amides is 1. The Balaban J connectivity index is 2.12. The third-order valence-corrected chi connectivity index (χ3v) is 3.07. The zero-order chi connectivity index (χ0) is 11.5. The van der Waals surface area contributed by atoms with E-state index in [0.717, 1.165) is 12.1 Å². The molecule has 1 amide bonds. The predicted octanol–water partition coefficient (Wildman–Crippen LogP) is 1.00. The number of rotatable bonds is 2. The van der Waals surface area contributed by atoms with Crippen molar-refractivity contribution < 1.29 is 9.18 Å². The van der Waals surface area contributed by atoms with Crippen LogP contribution in [0.15, 0.2) is 24.3 Å². The van der Waals surface area contributed by atoms with Crippen molar-refractivity contribution >= 4 is 5.91 Å². The van der Waals surface area contributed by atoms with E-state index in [-0.39, 0.29) is 23.6 Å². The minimum atomic E-state index is -0.284. The summed E-state index contributed by atoms with van der Waals surface area (Å²) in [6.07, 6.45) is 0.700. The van der Waals surface area contributed by atoms with Gasteiger partial charge in [0.25, 0.3) is 0 Å². The highest BCUT2D eigenvalue weighted by atomic mass is 19.1. The van der Waals surface area contributed by atoms with Crippen molar-refractivity contribution in [1.82, 2.24) is 5.32 Å². The van der Waals surface area contributed by atoms with Gasteiger partial charge in [-0.15, -0.1) is 0 Å². The minimum Gasteiger partial charge on any atom is -0.369 e. The molecule has 4 heteroatoms. The van der Waals surface area contributed by atoms with E-state index >= 15 is 0 Å². The summed E-state index contributed by atoms with van der Waals surface area (Å²) in [5.74, 6) is -0.503. The molecule has 1 saturated heterocycles. The summed E-state index contributed by atoms with van der Waals surface area (Å²) in [7, 11) is 0. The molecule has 0 bridgehead atoms. The van der Waals surface area contributed by atoms with E-state index in [1.165, 1.54) is 12.1 Å². The zero-order valence-electron chi connectivity index (χ0n) is 8.95. The van der Waals surface area contributed by atoms with Gasteiger partial charge in [0.05, 0.1) is 5.92 Å². The molecule has 0 saturated carbocycles. The number of hydrogen-bond donors (Lipinski definition) is 2. The van der Waals surface area contributed by atoms with Crippen molar-refractivity contribution in [3.05, 3.63) is 35.6 Å². The Morgan fingerprint density at radius 3 is 2.94 bits per heavy atom. The maximum absolute atomic E-state index is 13.1. The fraction of sp³-hybridized carbons (Fsp3) is 0.417. The topological polar surface area (TPSA) is 55.1 Å². The lowest BCUT2D eigenvalue weighted by Gasteiger charge is -2.28. The Bertz CT molecular complexity index is 394.